The lowest BCUT2D eigenvalue weighted by atomic mass is 9.87. The molecule has 0 saturated carbocycles. The van der Waals surface area contributed by atoms with Crippen LogP contribution in [0.1, 0.15) is 58.5 Å². The fourth-order valence-electron chi connectivity index (χ4n) is 2.66. The van der Waals surface area contributed by atoms with Crippen LogP contribution >= 0.6 is 0 Å². The van der Waals surface area contributed by atoms with Crippen molar-refractivity contribution in [3.63, 3.8) is 0 Å². The average molecular weight is 231 g/mol. The molecule has 2 aliphatic carbocycles. The van der Waals surface area contributed by atoms with Crippen molar-refractivity contribution in [3.8, 4) is 0 Å². The van der Waals surface area contributed by atoms with Crippen LogP contribution in [0.25, 0.3) is 0 Å². The summed E-state index contributed by atoms with van der Waals surface area (Å²) in [6.07, 6.45) is 0.711. The summed E-state index contributed by atoms with van der Waals surface area (Å²) >= 11 is 0. The second kappa shape index (κ2) is 3.17. The van der Waals surface area contributed by atoms with Crippen molar-refractivity contribution in [1.29, 1.82) is 0 Å². The highest BCUT2D eigenvalue weighted by Crippen LogP contribution is 2.38. The van der Waals surface area contributed by atoms with Crippen molar-refractivity contribution in [3.05, 3.63) is 33.7 Å². The van der Waals surface area contributed by atoms with Crippen LogP contribution < -0.4 is 0 Å². The van der Waals surface area contributed by atoms with Crippen LogP contribution in [-0.2, 0) is 6.42 Å². The van der Waals surface area contributed by atoms with Gasteiger partial charge in [-0.25, -0.2) is 0 Å². The SMILES string of the molecule is CC1=C(C)C(=O)c2c([nH]c3c2CCC3O)C1=O. The lowest BCUT2D eigenvalue weighted by molar-refractivity contribution is 0.0971. The highest BCUT2D eigenvalue weighted by molar-refractivity contribution is 6.26. The third kappa shape index (κ3) is 1.16. The maximum Gasteiger partial charge on any atom is 0.206 e. The van der Waals surface area contributed by atoms with E-state index in [-0.39, 0.29) is 11.6 Å². The highest BCUT2D eigenvalue weighted by atomic mass is 16.3. The molecule has 0 bridgehead atoms. The molecule has 0 aliphatic heterocycles. The van der Waals surface area contributed by atoms with Crippen LogP contribution in [0.15, 0.2) is 11.1 Å². The number of carbonyl (C=O) groups is 2. The number of aromatic amines is 1. The van der Waals surface area contributed by atoms with Gasteiger partial charge in [0.25, 0.3) is 0 Å². The molecule has 0 aromatic carbocycles. The minimum atomic E-state index is -0.572. The minimum absolute atomic E-state index is 0.0799. The fraction of sp³-hybridized carbons (Fsp3) is 0.385. The molecule has 0 spiro atoms. The number of allylic oxidation sites excluding steroid dienone is 2. The van der Waals surface area contributed by atoms with Gasteiger partial charge in [0.05, 0.1) is 17.4 Å². The van der Waals surface area contributed by atoms with Crippen LogP contribution in [0.3, 0.4) is 0 Å². The summed E-state index contributed by atoms with van der Waals surface area (Å²) in [4.78, 5) is 27.2. The summed E-state index contributed by atoms with van der Waals surface area (Å²) in [5, 5.41) is 9.77. The molecule has 1 aromatic heterocycles. The predicted octanol–water partition coefficient (Wildman–Crippen LogP) is 1.71. The van der Waals surface area contributed by atoms with E-state index in [0.29, 0.717) is 40.9 Å². The number of ketones is 2. The van der Waals surface area contributed by atoms with Crippen molar-refractivity contribution in [2.24, 2.45) is 0 Å². The van der Waals surface area contributed by atoms with Gasteiger partial charge in [0.1, 0.15) is 0 Å². The number of aliphatic hydroxyl groups excluding tert-OH is 1. The Morgan fingerprint density at radius 3 is 2.53 bits per heavy atom. The number of H-pyrrole nitrogens is 1. The van der Waals surface area contributed by atoms with Crippen LogP contribution in [0, 0.1) is 0 Å². The van der Waals surface area contributed by atoms with Crippen molar-refractivity contribution in [1.82, 2.24) is 4.98 Å². The molecule has 3 rings (SSSR count). The number of carbonyl (C=O) groups excluding carboxylic acids is 2. The maximum atomic E-state index is 12.2. The Hall–Kier alpha value is -1.68. The standard InChI is InChI=1S/C13H13NO3/c1-5-6(2)13(17)11-9(12(5)16)7-3-4-8(15)10(7)14-11/h8,14-15H,3-4H2,1-2H3. The van der Waals surface area contributed by atoms with Gasteiger partial charge in [0, 0.05) is 16.8 Å². The van der Waals surface area contributed by atoms with E-state index in [1.54, 1.807) is 13.8 Å². The number of fused-ring (bicyclic) bond motifs is 3. The Labute approximate surface area is 98.3 Å². The van der Waals surface area contributed by atoms with E-state index in [0.717, 1.165) is 5.56 Å². The molecular weight excluding hydrogens is 218 g/mol. The fourth-order valence-corrected chi connectivity index (χ4v) is 2.66. The first-order chi connectivity index (χ1) is 8.02. The molecule has 0 amide bonds. The monoisotopic (exact) mass is 231 g/mol. The van der Waals surface area contributed by atoms with Gasteiger partial charge < -0.3 is 10.1 Å². The second-order valence-corrected chi connectivity index (χ2v) is 4.73. The molecule has 88 valence electrons. The van der Waals surface area contributed by atoms with Crippen LogP contribution in [-0.4, -0.2) is 21.7 Å². The summed E-state index contributed by atoms with van der Waals surface area (Å²) in [6.45, 7) is 3.35. The smallest absolute Gasteiger partial charge is 0.206 e. The van der Waals surface area contributed by atoms with Crippen molar-refractivity contribution >= 4 is 11.6 Å². The summed E-state index contributed by atoms with van der Waals surface area (Å²) in [7, 11) is 0. The van der Waals surface area contributed by atoms with Gasteiger partial charge in [-0.05, 0) is 32.3 Å². The molecule has 2 N–H and O–H groups in total. The van der Waals surface area contributed by atoms with E-state index in [2.05, 4.69) is 4.98 Å². The largest absolute Gasteiger partial charge is 0.387 e. The normalized spacial score (nSPS) is 23.1. The van der Waals surface area contributed by atoms with E-state index in [4.69, 9.17) is 0 Å². The van der Waals surface area contributed by atoms with Gasteiger partial charge in [0.2, 0.25) is 5.78 Å². The molecule has 0 fully saturated rings. The van der Waals surface area contributed by atoms with Gasteiger partial charge in [-0.2, -0.15) is 0 Å². The Morgan fingerprint density at radius 1 is 1.18 bits per heavy atom. The van der Waals surface area contributed by atoms with E-state index < -0.39 is 6.10 Å². The zero-order valence-corrected chi connectivity index (χ0v) is 9.76. The topological polar surface area (TPSA) is 70.2 Å². The third-order valence-electron chi connectivity index (χ3n) is 3.84. The lowest BCUT2D eigenvalue weighted by Gasteiger charge is -2.14. The Morgan fingerprint density at radius 2 is 1.82 bits per heavy atom. The molecule has 2 aliphatic rings. The zero-order chi connectivity index (χ0) is 12.3. The molecule has 17 heavy (non-hydrogen) atoms. The molecule has 1 aromatic rings. The van der Waals surface area contributed by atoms with Crippen molar-refractivity contribution in [2.45, 2.75) is 32.8 Å². The molecular formula is C13H13NO3. The third-order valence-corrected chi connectivity index (χ3v) is 3.84. The Kier molecular flexibility index (Phi) is 1.95. The number of hydrogen-bond donors (Lipinski definition) is 2. The van der Waals surface area contributed by atoms with Crippen LogP contribution in [0.5, 0.6) is 0 Å². The van der Waals surface area contributed by atoms with Crippen molar-refractivity contribution < 1.29 is 14.7 Å². The van der Waals surface area contributed by atoms with E-state index in [1.165, 1.54) is 0 Å². The van der Waals surface area contributed by atoms with Gasteiger partial charge >= 0.3 is 0 Å². The number of Topliss-reactive ketones (excluding diaryl/α,β-unsaturated/α-hetero) is 2. The molecule has 0 saturated heterocycles. The number of nitrogens with one attached hydrogen (secondary N) is 1. The van der Waals surface area contributed by atoms with Gasteiger partial charge in [-0.1, -0.05) is 0 Å². The molecule has 1 unspecified atom stereocenters. The van der Waals surface area contributed by atoms with Gasteiger partial charge in [0.15, 0.2) is 5.78 Å². The molecule has 1 heterocycles. The first-order valence-electron chi connectivity index (χ1n) is 5.72. The average Bonchev–Trinajstić information content (AvgIpc) is 2.84. The molecule has 4 heteroatoms. The number of aliphatic hydroxyl groups is 1. The van der Waals surface area contributed by atoms with Crippen molar-refractivity contribution in [2.75, 3.05) is 0 Å². The first-order valence-corrected chi connectivity index (χ1v) is 5.72. The first kappa shape index (κ1) is 10.5. The van der Waals surface area contributed by atoms with Crippen LogP contribution in [0.2, 0.25) is 0 Å². The summed E-state index contributed by atoms with van der Waals surface area (Å²) in [6, 6.07) is 0. The lowest BCUT2D eigenvalue weighted by Crippen LogP contribution is -2.19. The van der Waals surface area contributed by atoms with Crippen LogP contribution in [0.4, 0.5) is 0 Å². The predicted molar refractivity (Wildman–Crippen MR) is 61.1 cm³/mol. The number of hydrogen-bond acceptors (Lipinski definition) is 3. The highest BCUT2D eigenvalue weighted by Gasteiger charge is 2.37. The molecule has 1 atom stereocenters. The summed E-state index contributed by atoms with van der Waals surface area (Å²) < 4.78 is 0. The second-order valence-electron chi connectivity index (χ2n) is 4.73. The number of rotatable bonds is 0. The van der Waals surface area contributed by atoms with Gasteiger partial charge in [-0.3, -0.25) is 9.59 Å². The number of aromatic nitrogens is 1. The maximum absolute atomic E-state index is 12.2. The Bertz CT molecular complexity index is 592. The van der Waals surface area contributed by atoms with E-state index in [1.807, 2.05) is 0 Å². The quantitative estimate of drug-likeness (QED) is 0.714. The summed E-state index contributed by atoms with van der Waals surface area (Å²) in [5.41, 5.74) is 3.35. The molecule has 0 radical (unpaired) electrons. The molecule has 4 nitrogen and oxygen atoms in total. The Balaban J connectivity index is 2.28. The minimum Gasteiger partial charge on any atom is -0.387 e. The van der Waals surface area contributed by atoms with E-state index in [9.17, 15) is 14.7 Å². The van der Waals surface area contributed by atoms with Gasteiger partial charge in [-0.15, -0.1) is 0 Å². The zero-order valence-electron chi connectivity index (χ0n) is 9.76. The summed E-state index contributed by atoms with van der Waals surface area (Å²) in [5.74, 6) is -0.206. The van der Waals surface area contributed by atoms with E-state index >= 15 is 0 Å².